The minimum absolute atomic E-state index is 0.130. The molecule has 184 valence electrons. The number of carboxylic acid groups (broad SMARTS) is 1. The summed E-state index contributed by atoms with van der Waals surface area (Å²) < 4.78 is 32.5. The molecule has 0 unspecified atom stereocenters. The number of hydrogen-bond acceptors (Lipinski definition) is 7. The summed E-state index contributed by atoms with van der Waals surface area (Å²) in [5.41, 5.74) is 1.33. The molecule has 11 heteroatoms. The Bertz CT molecular complexity index is 1340. The zero-order valence-electron chi connectivity index (χ0n) is 19.0. The van der Waals surface area contributed by atoms with E-state index < -0.39 is 28.1 Å². The number of nitrogens with zero attached hydrogens (tertiary/aromatic N) is 2. The van der Waals surface area contributed by atoms with Gasteiger partial charge in [0.2, 0.25) is 10.0 Å². The Labute approximate surface area is 206 Å². The molecule has 2 atom stereocenters. The largest absolute Gasteiger partial charge is 0.497 e. The van der Waals surface area contributed by atoms with E-state index in [9.17, 15) is 28.2 Å². The third-order valence-electron chi connectivity index (χ3n) is 5.78. The molecule has 0 spiro atoms. The van der Waals surface area contributed by atoms with Crippen LogP contribution in [0.5, 0.6) is 5.75 Å². The first-order valence-electron chi connectivity index (χ1n) is 10.6. The Kier molecular flexibility index (Phi) is 6.95. The highest BCUT2D eigenvalue weighted by atomic mass is 32.2. The van der Waals surface area contributed by atoms with Crippen LogP contribution in [0.15, 0.2) is 65.6 Å². The fourth-order valence-electron chi connectivity index (χ4n) is 3.98. The lowest BCUT2D eigenvalue weighted by Crippen LogP contribution is -2.50. The number of carbonyl (C=O) groups is 2. The average Bonchev–Trinajstić information content (AvgIpc) is 3.28. The van der Waals surface area contributed by atoms with Gasteiger partial charge in [-0.2, -0.15) is 4.31 Å². The summed E-state index contributed by atoms with van der Waals surface area (Å²) in [7, 11) is -1.19. The van der Waals surface area contributed by atoms with Crippen molar-refractivity contribution < 1.29 is 33.0 Å². The predicted octanol–water partition coefficient (Wildman–Crippen LogP) is 2.72. The summed E-state index contributed by atoms with van der Waals surface area (Å²) >= 11 is 0.982. The molecule has 2 N–H and O–H groups in total. The monoisotopic (exact) mass is 516 g/mol. The van der Waals surface area contributed by atoms with Crippen molar-refractivity contribution in [2.24, 2.45) is 0 Å². The number of aliphatic hydroxyl groups excluding tert-OH is 1. The van der Waals surface area contributed by atoms with Gasteiger partial charge in [0.1, 0.15) is 11.9 Å². The molecule has 0 saturated heterocycles. The maximum absolute atomic E-state index is 13.3. The van der Waals surface area contributed by atoms with Gasteiger partial charge in [-0.3, -0.25) is 9.59 Å². The van der Waals surface area contributed by atoms with E-state index >= 15 is 0 Å². The van der Waals surface area contributed by atoms with E-state index in [1.165, 1.54) is 42.3 Å². The molecule has 3 aromatic rings. The number of thiophene rings is 1. The number of rotatable bonds is 7. The molecule has 4 rings (SSSR count). The van der Waals surface area contributed by atoms with Gasteiger partial charge in [0.05, 0.1) is 16.9 Å². The highest BCUT2D eigenvalue weighted by Gasteiger charge is 2.46. The Morgan fingerprint density at radius 1 is 1.14 bits per heavy atom. The van der Waals surface area contributed by atoms with Gasteiger partial charge >= 0.3 is 5.97 Å². The molecule has 0 fully saturated rings. The van der Waals surface area contributed by atoms with Crippen molar-refractivity contribution >= 4 is 33.2 Å². The van der Waals surface area contributed by atoms with Gasteiger partial charge in [-0.25, -0.2) is 8.42 Å². The fourth-order valence-corrected chi connectivity index (χ4v) is 6.73. The highest BCUT2D eigenvalue weighted by Crippen LogP contribution is 2.40. The van der Waals surface area contributed by atoms with Crippen LogP contribution >= 0.6 is 11.3 Å². The van der Waals surface area contributed by atoms with Crippen LogP contribution in [0.2, 0.25) is 0 Å². The van der Waals surface area contributed by atoms with Crippen molar-refractivity contribution in [2.75, 3.05) is 14.2 Å². The molecule has 0 saturated carbocycles. The van der Waals surface area contributed by atoms with Gasteiger partial charge in [0.25, 0.3) is 5.91 Å². The molecular weight excluding hydrogens is 492 g/mol. The van der Waals surface area contributed by atoms with Crippen molar-refractivity contribution in [1.82, 2.24) is 9.21 Å². The third-order valence-corrected chi connectivity index (χ3v) is 8.86. The highest BCUT2D eigenvalue weighted by molar-refractivity contribution is 7.89. The maximum Gasteiger partial charge on any atom is 0.325 e. The number of amides is 1. The number of carboxylic acids is 1. The Morgan fingerprint density at radius 3 is 2.40 bits per heavy atom. The number of fused-ring (bicyclic) bond motifs is 1. The van der Waals surface area contributed by atoms with Crippen LogP contribution in [-0.2, 0) is 27.9 Å². The number of ether oxygens (including phenoxy) is 1. The average molecular weight is 517 g/mol. The first-order chi connectivity index (χ1) is 16.6. The minimum Gasteiger partial charge on any atom is -0.497 e. The number of methoxy groups -OCH3 is 1. The van der Waals surface area contributed by atoms with E-state index in [1.807, 2.05) is 30.3 Å². The Balaban J connectivity index is 1.65. The third kappa shape index (κ3) is 4.80. The molecule has 1 amide bonds. The number of sulfonamides is 1. The van der Waals surface area contributed by atoms with Crippen molar-refractivity contribution in [1.29, 1.82) is 0 Å². The van der Waals surface area contributed by atoms with E-state index in [-0.39, 0.29) is 22.2 Å². The second kappa shape index (κ2) is 9.78. The van der Waals surface area contributed by atoms with Crippen molar-refractivity contribution in [3.05, 3.63) is 81.5 Å². The number of aliphatic hydroxyl groups is 1. The lowest BCUT2D eigenvalue weighted by molar-refractivity contribution is -0.146. The first kappa shape index (κ1) is 24.9. The van der Waals surface area contributed by atoms with Gasteiger partial charge in [-0.1, -0.05) is 30.3 Å². The summed E-state index contributed by atoms with van der Waals surface area (Å²) in [6.07, 6.45) is -1.63. The zero-order valence-corrected chi connectivity index (χ0v) is 20.6. The molecule has 0 bridgehead atoms. The summed E-state index contributed by atoms with van der Waals surface area (Å²) in [4.78, 5) is 27.1. The smallest absolute Gasteiger partial charge is 0.325 e. The maximum atomic E-state index is 13.3. The number of aliphatic carboxylic acids is 1. The minimum atomic E-state index is -4.28. The molecule has 35 heavy (non-hydrogen) atoms. The van der Waals surface area contributed by atoms with Crippen LogP contribution in [0, 0.1) is 0 Å². The van der Waals surface area contributed by atoms with Crippen molar-refractivity contribution in [3.8, 4) is 5.75 Å². The van der Waals surface area contributed by atoms with Gasteiger partial charge in [-0.05, 0) is 41.5 Å². The Hall–Kier alpha value is -3.25. The van der Waals surface area contributed by atoms with Gasteiger partial charge in [0.15, 0.2) is 6.04 Å². The van der Waals surface area contributed by atoms with Gasteiger partial charge in [0, 0.05) is 25.0 Å². The topological polar surface area (TPSA) is 124 Å². The lowest BCUT2D eigenvalue weighted by Gasteiger charge is -2.35. The number of benzene rings is 2. The quantitative estimate of drug-likeness (QED) is 0.495. The second-order valence-corrected chi connectivity index (χ2v) is 11.1. The van der Waals surface area contributed by atoms with Crippen molar-refractivity contribution in [3.63, 3.8) is 0 Å². The molecule has 1 aliphatic rings. The van der Waals surface area contributed by atoms with Gasteiger partial charge < -0.3 is 19.8 Å². The van der Waals surface area contributed by atoms with Crippen LogP contribution < -0.4 is 4.74 Å². The molecule has 0 aliphatic carbocycles. The normalized spacial score (nSPS) is 18.0. The van der Waals surface area contributed by atoms with E-state index in [0.29, 0.717) is 22.7 Å². The van der Waals surface area contributed by atoms with E-state index in [4.69, 9.17) is 4.74 Å². The van der Waals surface area contributed by atoms with Crippen LogP contribution in [0.25, 0.3) is 0 Å². The molecule has 2 heterocycles. The number of hydrogen-bond donors (Lipinski definition) is 2. The molecular formula is C24H24N2O7S2. The summed E-state index contributed by atoms with van der Waals surface area (Å²) in [5, 5.41) is 20.7. The zero-order chi connectivity index (χ0) is 25.3. The number of carbonyl (C=O) groups excluding carboxylic acids is 1. The summed E-state index contributed by atoms with van der Waals surface area (Å²) in [6, 6.07) is 14.8. The lowest BCUT2D eigenvalue weighted by atomic mass is 10.0. The fraction of sp³-hybridized carbons (Fsp3) is 0.250. The van der Waals surface area contributed by atoms with E-state index in [1.54, 1.807) is 7.05 Å². The SMILES string of the molecule is COc1ccc(S(=O)(=O)N2Cc3cc(C(=O)N(C)Cc4ccccc4)sc3[C@H](O)[C@@H]2C(=O)O)cc1. The van der Waals surface area contributed by atoms with Crippen molar-refractivity contribution in [2.45, 2.75) is 30.1 Å². The summed E-state index contributed by atoms with van der Waals surface area (Å²) in [6.45, 7) is 0.0738. The second-order valence-electron chi connectivity index (χ2n) is 8.10. The molecule has 1 aliphatic heterocycles. The standard InChI is InChI=1S/C24H24N2O7S2/c1-25(13-15-6-4-3-5-7-15)23(28)19-12-16-14-26(20(24(29)30)21(27)22(16)34-19)35(31,32)18-10-8-17(33-2)9-11-18/h3-12,20-21,27H,13-14H2,1-2H3,(H,29,30)/t20-,21-/m1/s1. The van der Waals surface area contributed by atoms with E-state index in [2.05, 4.69) is 0 Å². The van der Waals surface area contributed by atoms with Crippen LogP contribution in [0.1, 0.15) is 31.8 Å². The predicted molar refractivity (Wildman–Crippen MR) is 129 cm³/mol. The van der Waals surface area contributed by atoms with Crippen LogP contribution in [-0.4, -0.2) is 59.9 Å². The molecule has 9 nitrogen and oxygen atoms in total. The Morgan fingerprint density at radius 2 is 1.80 bits per heavy atom. The van der Waals surface area contributed by atoms with Crippen LogP contribution in [0.4, 0.5) is 0 Å². The molecule has 0 radical (unpaired) electrons. The first-order valence-corrected chi connectivity index (χ1v) is 12.9. The summed E-state index contributed by atoms with van der Waals surface area (Å²) in [5.74, 6) is -1.35. The van der Waals surface area contributed by atoms with Gasteiger partial charge in [-0.15, -0.1) is 11.3 Å². The molecule has 2 aromatic carbocycles. The van der Waals surface area contributed by atoms with E-state index in [0.717, 1.165) is 21.2 Å². The van der Waals surface area contributed by atoms with Crippen LogP contribution in [0.3, 0.4) is 0 Å². The molecule has 1 aromatic heterocycles.